The number of halogens is 2. The summed E-state index contributed by atoms with van der Waals surface area (Å²) in [7, 11) is 1.63. The van der Waals surface area contributed by atoms with Gasteiger partial charge in [-0.25, -0.2) is 0 Å². The molecule has 0 radical (unpaired) electrons. The van der Waals surface area contributed by atoms with E-state index in [1.165, 1.54) is 0 Å². The first-order valence-corrected chi connectivity index (χ1v) is 7.47. The van der Waals surface area contributed by atoms with E-state index in [1.54, 1.807) is 19.4 Å². The molecule has 1 fully saturated rings. The second-order valence-corrected chi connectivity index (χ2v) is 6.49. The molecule has 0 bridgehead atoms. The minimum absolute atomic E-state index is 0.116. The molecule has 0 aliphatic heterocycles. The highest BCUT2D eigenvalue weighted by molar-refractivity contribution is 9.10. The summed E-state index contributed by atoms with van der Waals surface area (Å²) < 4.78 is 6.25. The molecule has 1 aromatic heterocycles. The van der Waals surface area contributed by atoms with E-state index in [1.807, 2.05) is 18.2 Å². The normalized spacial score (nSPS) is 15.9. The number of hydrogen-bond acceptors (Lipinski definition) is 2. The highest BCUT2D eigenvalue weighted by Crippen LogP contribution is 2.56. The van der Waals surface area contributed by atoms with Gasteiger partial charge in [0.1, 0.15) is 5.75 Å². The lowest BCUT2D eigenvalue weighted by Gasteiger charge is -2.16. The quantitative estimate of drug-likeness (QED) is 0.845. The molecule has 0 saturated heterocycles. The van der Waals surface area contributed by atoms with Crippen molar-refractivity contribution in [3.05, 3.63) is 50.9 Å². The number of H-pyrrole nitrogens is 1. The zero-order valence-corrected chi connectivity index (χ0v) is 13.2. The van der Waals surface area contributed by atoms with Crippen LogP contribution in [0.25, 0.3) is 11.1 Å². The van der Waals surface area contributed by atoms with Crippen LogP contribution in [0.4, 0.5) is 0 Å². The molecule has 1 saturated carbocycles. The molecule has 1 N–H and O–H groups in total. The lowest BCUT2D eigenvalue weighted by molar-refractivity contribution is 0.406. The molecular weight excluding hydrogens is 342 g/mol. The van der Waals surface area contributed by atoms with E-state index in [0.717, 1.165) is 34.2 Å². The third kappa shape index (κ3) is 2.27. The maximum absolute atomic E-state index is 11.9. The molecule has 0 atom stereocenters. The molecule has 1 aromatic carbocycles. The fourth-order valence-electron chi connectivity index (χ4n) is 2.32. The van der Waals surface area contributed by atoms with E-state index in [0.29, 0.717) is 5.56 Å². The Bertz CT molecular complexity index is 722. The molecular formula is C15H13BrClNO2. The number of aromatic amines is 1. The van der Waals surface area contributed by atoms with Crippen LogP contribution in [0.5, 0.6) is 5.75 Å². The van der Waals surface area contributed by atoms with Gasteiger partial charge in [-0.05, 0) is 58.6 Å². The van der Waals surface area contributed by atoms with Crippen LogP contribution in [-0.2, 0) is 4.87 Å². The molecule has 1 heterocycles. The van der Waals surface area contributed by atoms with Crippen molar-refractivity contribution in [1.29, 1.82) is 0 Å². The SMILES string of the molecule is COc1c(Br)cc(-c2ccc[nH]c2=O)cc1C1(Cl)CC1. The van der Waals surface area contributed by atoms with E-state index in [9.17, 15) is 4.79 Å². The van der Waals surface area contributed by atoms with Crippen molar-refractivity contribution in [1.82, 2.24) is 4.98 Å². The van der Waals surface area contributed by atoms with E-state index in [2.05, 4.69) is 20.9 Å². The number of benzene rings is 1. The first-order chi connectivity index (χ1) is 9.55. The zero-order valence-electron chi connectivity index (χ0n) is 10.9. The van der Waals surface area contributed by atoms with Gasteiger partial charge in [-0.3, -0.25) is 4.79 Å². The van der Waals surface area contributed by atoms with Gasteiger partial charge in [-0.15, -0.1) is 11.6 Å². The fraction of sp³-hybridized carbons (Fsp3) is 0.267. The molecule has 0 amide bonds. The second kappa shape index (κ2) is 4.93. The molecule has 3 rings (SSSR count). The third-order valence-corrected chi connectivity index (χ3v) is 4.72. The van der Waals surface area contributed by atoms with Gasteiger partial charge >= 0.3 is 0 Å². The van der Waals surface area contributed by atoms with Crippen molar-refractivity contribution in [3.8, 4) is 16.9 Å². The maximum atomic E-state index is 11.9. The smallest absolute Gasteiger partial charge is 0.255 e. The van der Waals surface area contributed by atoms with Crippen molar-refractivity contribution < 1.29 is 4.74 Å². The van der Waals surface area contributed by atoms with E-state index >= 15 is 0 Å². The highest BCUT2D eigenvalue weighted by Gasteiger charge is 2.45. The van der Waals surface area contributed by atoms with Gasteiger partial charge in [0, 0.05) is 17.3 Å². The molecule has 2 aromatic rings. The van der Waals surface area contributed by atoms with Crippen LogP contribution in [0.15, 0.2) is 39.7 Å². The predicted octanol–water partition coefficient (Wildman–Crippen LogP) is 4.04. The van der Waals surface area contributed by atoms with Gasteiger partial charge in [-0.1, -0.05) is 0 Å². The number of hydrogen-bond donors (Lipinski definition) is 1. The Morgan fingerprint density at radius 3 is 2.75 bits per heavy atom. The third-order valence-electron chi connectivity index (χ3n) is 3.55. The van der Waals surface area contributed by atoms with Gasteiger partial charge in [-0.2, -0.15) is 0 Å². The van der Waals surface area contributed by atoms with Crippen molar-refractivity contribution in [2.75, 3.05) is 7.11 Å². The lowest BCUT2D eigenvalue weighted by atomic mass is 10.0. The van der Waals surface area contributed by atoms with Crippen molar-refractivity contribution >= 4 is 27.5 Å². The van der Waals surface area contributed by atoms with Gasteiger partial charge in [0.05, 0.1) is 16.5 Å². The molecule has 1 aliphatic rings. The Morgan fingerprint density at radius 1 is 1.40 bits per heavy atom. The topological polar surface area (TPSA) is 42.1 Å². The zero-order chi connectivity index (χ0) is 14.3. The average molecular weight is 355 g/mol. The van der Waals surface area contributed by atoms with Crippen molar-refractivity contribution in [2.24, 2.45) is 0 Å². The summed E-state index contributed by atoms with van der Waals surface area (Å²) in [5.41, 5.74) is 2.28. The first kappa shape index (κ1) is 13.7. The predicted molar refractivity (Wildman–Crippen MR) is 83.5 cm³/mol. The van der Waals surface area contributed by atoms with Gasteiger partial charge in [0.2, 0.25) is 0 Å². The summed E-state index contributed by atoms with van der Waals surface area (Å²) in [6.07, 6.45) is 3.47. The van der Waals surface area contributed by atoms with Gasteiger partial charge < -0.3 is 9.72 Å². The molecule has 0 unspecified atom stereocenters. The van der Waals surface area contributed by atoms with Crippen LogP contribution < -0.4 is 10.3 Å². The summed E-state index contributed by atoms with van der Waals surface area (Å²) in [6.45, 7) is 0. The van der Waals surface area contributed by atoms with Gasteiger partial charge in [0.15, 0.2) is 0 Å². The van der Waals surface area contributed by atoms with Crippen LogP contribution in [-0.4, -0.2) is 12.1 Å². The number of nitrogens with one attached hydrogen (secondary N) is 1. The van der Waals surface area contributed by atoms with Crippen LogP contribution in [0.1, 0.15) is 18.4 Å². The van der Waals surface area contributed by atoms with Crippen molar-refractivity contribution in [2.45, 2.75) is 17.7 Å². The van der Waals surface area contributed by atoms with Crippen LogP contribution in [0, 0.1) is 0 Å². The molecule has 20 heavy (non-hydrogen) atoms. The average Bonchev–Trinajstić information content (AvgIpc) is 3.17. The van der Waals surface area contributed by atoms with Crippen LogP contribution >= 0.6 is 27.5 Å². The number of rotatable bonds is 3. The van der Waals surface area contributed by atoms with Crippen LogP contribution in [0.3, 0.4) is 0 Å². The maximum Gasteiger partial charge on any atom is 0.255 e. The molecule has 0 spiro atoms. The number of ether oxygens (including phenoxy) is 1. The number of alkyl halides is 1. The largest absolute Gasteiger partial charge is 0.495 e. The number of pyridine rings is 1. The minimum atomic E-state index is -0.356. The van der Waals surface area contributed by atoms with Crippen molar-refractivity contribution in [3.63, 3.8) is 0 Å². The lowest BCUT2D eigenvalue weighted by Crippen LogP contribution is -2.08. The van der Waals surface area contributed by atoms with E-state index < -0.39 is 0 Å². The standard InChI is InChI=1S/C15H13BrClNO2/c1-20-13-11(15(17)4-5-15)7-9(8-12(13)16)10-3-2-6-18-14(10)19/h2-3,6-8H,4-5H2,1H3,(H,18,19). The summed E-state index contributed by atoms with van der Waals surface area (Å²) in [6, 6.07) is 7.44. The Morgan fingerprint density at radius 2 is 2.15 bits per heavy atom. The molecule has 1 aliphatic carbocycles. The number of methoxy groups -OCH3 is 1. The minimum Gasteiger partial charge on any atom is -0.495 e. The summed E-state index contributed by atoms with van der Waals surface area (Å²) in [5, 5.41) is 0. The van der Waals surface area contributed by atoms with E-state index in [4.69, 9.17) is 16.3 Å². The Hall–Kier alpha value is -1.26. The first-order valence-electron chi connectivity index (χ1n) is 6.30. The Kier molecular flexibility index (Phi) is 3.38. The van der Waals surface area contributed by atoms with Gasteiger partial charge in [0.25, 0.3) is 5.56 Å². The van der Waals surface area contributed by atoms with Crippen LogP contribution in [0.2, 0.25) is 0 Å². The summed E-state index contributed by atoms with van der Waals surface area (Å²) in [4.78, 5) is 14.3. The molecule has 3 nitrogen and oxygen atoms in total. The molecule has 104 valence electrons. The fourth-order valence-corrected chi connectivity index (χ4v) is 3.17. The summed E-state index contributed by atoms with van der Waals surface area (Å²) >= 11 is 10.0. The second-order valence-electron chi connectivity index (χ2n) is 4.92. The van der Waals surface area contributed by atoms with E-state index in [-0.39, 0.29) is 10.4 Å². The summed E-state index contributed by atoms with van der Waals surface area (Å²) in [5.74, 6) is 0.744. The highest BCUT2D eigenvalue weighted by atomic mass is 79.9. The molecule has 5 heteroatoms. The monoisotopic (exact) mass is 353 g/mol. The Labute approximate surface area is 130 Å². The number of aromatic nitrogens is 1. The Balaban J connectivity index is 2.22.